The van der Waals surface area contributed by atoms with E-state index in [4.69, 9.17) is 11.6 Å². The zero-order valence-electron chi connectivity index (χ0n) is 10.9. The van der Waals surface area contributed by atoms with Crippen molar-refractivity contribution < 1.29 is 9.90 Å². The van der Waals surface area contributed by atoms with Crippen molar-refractivity contribution in [2.24, 2.45) is 0 Å². The molecule has 4 heteroatoms. The third-order valence-electron chi connectivity index (χ3n) is 3.27. The summed E-state index contributed by atoms with van der Waals surface area (Å²) in [5.41, 5.74) is 2.90. The van der Waals surface area contributed by atoms with Crippen LogP contribution in [0.1, 0.15) is 31.4 Å². The minimum atomic E-state index is -0.822. The predicted molar refractivity (Wildman–Crippen MR) is 77.7 cm³/mol. The van der Waals surface area contributed by atoms with E-state index in [0.29, 0.717) is 11.4 Å². The zero-order chi connectivity index (χ0) is 14.0. The highest BCUT2D eigenvalue weighted by Gasteiger charge is 2.27. The number of halogens is 1. The van der Waals surface area contributed by atoms with Crippen molar-refractivity contribution in [3.8, 4) is 0 Å². The summed E-state index contributed by atoms with van der Waals surface area (Å²) < 4.78 is 0. The van der Waals surface area contributed by atoms with E-state index in [0.717, 1.165) is 16.8 Å². The number of carboxylic acid groups (broad SMARTS) is 1. The summed E-state index contributed by atoms with van der Waals surface area (Å²) >= 11 is 6.04. The molecule has 0 amide bonds. The first-order chi connectivity index (χ1) is 9.08. The van der Waals surface area contributed by atoms with Gasteiger partial charge in [0.05, 0.1) is 0 Å². The van der Waals surface area contributed by atoms with E-state index in [1.54, 1.807) is 4.90 Å². The van der Waals surface area contributed by atoms with E-state index in [9.17, 15) is 9.90 Å². The van der Waals surface area contributed by atoms with Crippen LogP contribution in [0.3, 0.4) is 0 Å². The highest BCUT2D eigenvalue weighted by atomic mass is 35.5. The molecule has 0 bridgehead atoms. The average molecular weight is 278 g/mol. The van der Waals surface area contributed by atoms with Gasteiger partial charge in [-0.2, -0.15) is 0 Å². The number of hydrogen-bond donors (Lipinski definition) is 1. The molecule has 0 aliphatic carbocycles. The van der Waals surface area contributed by atoms with Crippen LogP contribution in [0.15, 0.2) is 30.5 Å². The van der Waals surface area contributed by atoms with Gasteiger partial charge in [0.1, 0.15) is 6.04 Å². The average Bonchev–Trinajstić information content (AvgIpc) is 2.38. The predicted octanol–water partition coefficient (Wildman–Crippen LogP) is 3.85. The monoisotopic (exact) mass is 277 g/mol. The number of nitrogens with zero attached hydrogens (tertiary/aromatic N) is 1. The standard InChI is InChI=1S/C15H16ClNO2/c1-3-13-12-9-11(16)6-5-10(12)7-8-17(13)14(4-2)15(18)19/h3,5-9,14H,4H2,1-2H3,(H,18,19)/b13-3-/t14-/m0/s1. The van der Waals surface area contributed by atoms with E-state index >= 15 is 0 Å². The van der Waals surface area contributed by atoms with Crippen LogP contribution in [0.5, 0.6) is 0 Å². The third-order valence-corrected chi connectivity index (χ3v) is 3.50. The van der Waals surface area contributed by atoms with Gasteiger partial charge in [-0.3, -0.25) is 0 Å². The summed E-state index contributed by atoms with van der Waals surface area (Å²) in [6, 6.07) is 5.09. The van der Waals surface area contributed by atoms with Crippen LogP contribution in [0, 0.1) is 0 Å². The zero-order valence-corrected chi connectivity index (χ0v) is 11.7. The van der Waals surface area contributed by atoms with Crippen molar-refractivity contribution in [3.05, 3.63) is 46.6 Å². The number of hydrogen-bond acceptors (Lipinski definition) is 2. The number of carboxylic acids is 1. The Balaban J connectivity index is 2.50. The Morgan fingerprint density at radius 2 is 2.26 bits per heavy atom. The molecular formula is C15H16ClNO2. The Bertz CT molecular complexity index is 563. The Morgan fingerprint density at radius 3 is 2.84 bits per heavy atom. The highest BCUT2D eigenvalue weighted by molar-refractivity contribution is 6.30. The van der Waals surface area contributed by atoms with Crippen LogP contribution in [0.4, 0.5) is 0 Å². The highest BCUT2D eigenvalue weighted by Crippen LogP contribution is 2.33. The number of aliphatic carboxylic acids is 1. The Morgan fingerprint density at radius 1 is 1.53 bits per heavy atom. The van der Waals surface area contributed by atoms with Crippen molar-refractivity contribution in [1.82, 2.24) is 4.90 Å². The molecule has 0 unspecified atom stereocenters. The topological polar surface area (TPSA) is 40.5 Å². The molecule has 19 heavy (non-hydrogen) atoms. The van der Waals surface area contributed by atoms with Crippen LogP contribution in [-0.2, 0) is 4.79 Å². The lowest BCUT2D eigenvalue weighted by Crippen LogP contribution is -2.37. The lowest BCUT2D eigenvalue weighted by molar-refractivity contribution is -0.141. The first-order valence-corrected chi connectivity index (χ1v) is 6.61. The summed E-state index contributed by atoms with van der Waals surface area (Å²) in [7, 11) is 0. The van der Waals surface area contributed by atoms with Crippen LogP contribution in [0.25, 0.3) is 11.8 Å². The second-order valence-corrected chi connectivity index (χ2v) is 4.83. The Labute approximate surface area is 117 Å². The fourth-order valence-corrected chi connectivity index (χ4v) is 2.51. The van der Waals surface area contributed by atoms with E-state index in [1.807, 2.05) is 50.4 Å². The summed E-state index contributed by atoms with van der Waals surface area (Å²) in [6.07, 6.45) is 6.20. The van der Waals surface area contributed by atoms with Crippen LogP contribution >= 0.6 is 11.6 Å². The van der Waals surface area contributed by atoms with Crippen molar-refractivity contribution in [2.45, 2.75) is 26.3 Å². The maximum Gasteiger partial charge on any atom is 0.326 e. The lowest BCUT2D eigenvalue weighted by atomic mass is 9.98. The second-order valence-electron chi connectivity index (χ2n) is 4.39. The van der Waals surface area contributed by atoms with E-state index in [1.165, 1.54) is 0 Å². The molecule has 0 saturated carbocycles. The first kappa shape index (κ1) is 13.7. The number of benzene rings is 1. The molecule has 100 valence electrons. The van der Waals surface area contributed by atoms with Crippen molar-refractivity contribution >= 4 is 29.3 Å². The molecule has 1 aliphatic rings. The van der Waals surface area contributed by atoms with Crippen molar-refractivity contribution in [3.63, 3.8) is 0 Å². The van der Waals surface area contributed by atoms with E-state index in [2.05, 4.69) is 0 Å². The van der Waals surface area contributed by atoms with E-state index < -0.39 is 12.0 Å². The molecule has 0 saturated heterocycles. The molecule has 1 aliphatic heterocycles. The van der Waals surface area contributed by atoms with Gasteiger partial charge < -0.3 is 10.0 Å². The van der Waals surface area contributed by atoms with Gasteiger partial charge in [-0.05, 0) is 37.1 Å². The van der Waals surface area contributed by atoms with Gasteiger partial charge in [-0.25, -0.2) is 4.79 Å². The van der Waals surface area contributed by atoms with Gasteiger partial charge in [0.25, 0.3) is 0 Å². The second kappa shape index (κ2) is 5.49. The Hall–Kier alpha value is -1.74. The van der Waals surface area contributed by atoms with Gasteiger partial charge in [-0.1, -0.05) is 30.7 Å². The van der Waals surface area contributed by atoms with Crippen LogP contribution < -0.4 is 0 Å². The quantitative estimate of drug-likeness (QED) is 0.912. The molecule has 2 rings (SSSR count). The SMILES string of the molecule is C/C=C1/c2cc(Cl)ccc2C=CN1[C@@H](CC)C(=O)O. The molecule has 1 atom stereocenters. The molecule has 0 aromatic heterocycles. The summed E-state index contributed by atoms with van der Waals surface area (Å²) in [5, 5.41) is 9.96. The maximum atomic E-state index is 11.3. The van der Waals surface area contributed by atoms with Crippen LogP contribution in [-0.4, -0.2) is 22.0 Å². The van der Waals surface area contributed by atoms with Gasteiger partial charge in [0.15, 0.2) is 0 Å². The maximum absolute atomic E-state index is 11.3. The van der Waals surface area contributed by atoms with Crippen LogP contribution in [0.2, 0.25) is 5.02 Å². The fraction of sp³-hybridized carbons (Fsp3) is 0.267. The van der Waals surface area contributed by atoms with Gasteiger partial charge >= 0.3 is 5.97 Å². The number of carbonyl (C=O) groups is 1. The number of fused-ring (bicyclic) bond motifs is 1. The fourth-order valence-electron chi connectivity index (χ4n) is 2.34. The van der Waals surface area contributed by atoms with Crippen molar-refractivity contribution in [2.75, 3.05) is 0 Å². The first-order valence-electron chi connectivity index (χ1n) is 6.24. The van der Waals surface area contributed by atoms with E-state index in [-0.39, 0.29) is 0 Å². The summed E-state index contributed by atoms with van der Waals surface area (Å²) in [6.45, 7) is 3.77. The normalized spacial score (nSPS) is 17.4. The molecule has 0 fully saturated rings. The summed E-state index contributed by atoms with van der Waals surface area (Å²) in [5.74, 6) is -0.822. The number of rotatable bonds is 3. The number of allylic oxidation sites excluding steroid dienone is 1. The molecule has 1 aromatic carbocycles. The minimum Gasteiger partial charge on any atom is -0.480 e. The summed E-state index contributed by atoms with van der Waals surface area (Å²) in [4.78, 5) is 13.1. The molecule has 1 heterocycles. The molecule has 0 radical (unpaired) electrons. The Kier molecular flexibility index (Phi) is 3.96. The van der Waals surface area contributed by atoms with Gasteiger partial charge in [0, 0.05) is 22.5 Å². The van der Waals surface area contributed by atoms with Gasteiger partial charge in [0.2, 0.25) is 0 Å². The molecule has 1 N–H and O–H groups in total. The third kappa shape index (κ3) is 2.51. The smallest absolute Gasteiger partial charge is 0.326 e. The largest absolute Gasteiger partial charge is 0.480 e. The molecule has 0 spiro atoms. The molecular weight excluding hydrogens is 262 g/mol. The molecule has 1 aromatic rings. The lowest BCUT2D eigenvalue weighted by Gasteiger charge is -2.33. The van der Waals surface area contributed by atoms with Crippen molar-refractivity contribution in [1.29, 1.82) is 0 Å². The minimum absolute atomic E-state index is 0.535. The molecule has 3 nitrogen and oxygen atoms in total. The van der Waals surface area contributed by atoms with Gasteiger partial charge in [-0.15, -0.1) is 0 Å².